The van der Waals surface area contributed by atoms with Gasteiger partial charge in [-0.3, -0.25) is 14.4 Å². The van der Waals surface area contributed by atoms with Crippen molar-refractivity contribution in [3.63, 3.8) is 0 Å². The quantitative estimate of drug-likeness (QED) is 0.704. The molecular formula is C20H14N4O4. The van der Waals surface area contributed by atoms with Gasteiger partial charge in [0, 0.05) is 17.3 Å². The van der Waals surface area contributed by atoms with E-state index in [0.29, 0.717) is 22.7 Å². The van der Waals surface area contributed by atoms with Crippen LogP contribution in [-0.2, 0) is 0 Å². The Bertz CT molecular complexity index is 1060. The maximum absolute atomic E-state index is 12.5. The first-order valence-electron chi connectivity index (χ1n) is 8.33. The summed E-state index contributed by atoms with van der Waals surface area (Å²) in [5.41, 5.74) is 1.75. The molecular weight excluding hydrogens is 360 g/mol. The average molecular weight is 374 g/mol. The molecule has 0 aliphatic carbocycles. The van der Waals surface area contributed by atoms with Gasteiger partial charge in [-0.25, -0.2) is 4.90 Å². The Morgan fingerprint density at radius 1 is 0.964 bits per heavy atom. The van der Waals surface area contributed by atoms with E-state index >= 15 is 0 Å². The summed E-state index contributed by atoms with van der Waals surface area (Å²) in [6.45, 7) is 0. The highest BCUT2D eigenvalue weighted by molar-refractivity contribution is 6.34. The van der Waals surface area contributed by atoms with E-state index in [-0.39, 0.29) is 17.0 Å². The molecule has 0 fully saturated rings. The fourth-order valence-corrected chi connectivity index (χ4v) is 2.90. The minimum absolute atomic E-state index is 0.208. The van der Waals surface area contributed by atoms with Crippen LogP contribution in [0.15, 0.2) is 60.9 Å². The van der Waals surface area contributed by atoms with Gasteiger partial charge >= 0.3 is 0 Å². The van der Waals surface area contributed by atoms with Gasteiger partial charge in [0.05, 0.1) is 36.3 Å². The zero-order chi connectivity index (χ0) is 19.7. The predicted octanol–water partition coefficient (Wildman–Crippen LogP) is 2.54. The lowest BCUT2D eigenvalue weighted by atomic mass is 10.1. The van der Waals surface area contributed by atoms with Gasteiger partial charge in [0.25, 0.3) is 17.7 Å². The van der Waals surface area contributed by atoms with E-state index in [4.69, 9.17) is 4.74 Å². The van der Waals surface area contributed by atoms with Crippen LogP contribution in [0.3, 0.4) is 0 Å². The Kier molecular flexibility index (Phi) is 4.29. The standard InChI is InChI=1S/C20H14N4O4/c1-28-15-4-2-3-13(9-15)23-18(25)12-5-7-14(8-6-12)24-19(26)16-10-21-22-11-17(16)20(24)27/h2-11H,1H3,(H,23,25). The number of anilines is 2. The number of nitrogens with zero attached hydrogens (tertiary/aromatic N) is 3. The summed E-state index contributed by atoms with van der Waals surface area (Å²) < 4.78 is 5.13. The first kappa shape index (κ1) is 17.3. The molecule has 1 aliphatic heterocycles. The Balaban J connectivity index is 1.54. The molecule has 8 heteroatoms. The van der Waals surface area contributed by atoms with Gasteiger partial charge in [0.15, 0.2) is 0 Å². The van der Waals surface area contributed by atoms with Crippen LogP contribution in [0.5, 0.6) is 5.75 Å². The summed E-state index contributed by atoms with van der Waals surface area (Å²) in [5, 5.41) is 10.1. The molecule has 138 valence electrons. The van der Waals surface area contributed by atoms with E-state index in [1.165, 1.54) is 12.4 Å². The molecule has 1 aromatic heterocycles. The van der Waals surface area contributed by atoms with E-state index in [1.54, 1.807) is 55.6 Å². The second kappa shape index (κ2) is 6.92. The number of nitrogens with one attached hydrogen (secondary N) is 1. The van der Waals surface area contributed by atoms with Gasteiger partial charge in [-0.05, 0) is 36.4 Å². The fraction of sp³-hybridized carbons (Fsp3) is 0.0500. The molecule has 1 aliphatic rings. The lowest BCUT2D eigenvalue weighted by Gasteiger charge is -2.14. The van der Waals surface area contributed by atoms with Gasteiger partial charge in [0.1, 0.15) is 5.75 Å². The van der Waals surface area contributed by atoms with Gasteiger partial charge in [-0.2, -0.15) is 10.2 Å². The van der Waals surface area contributed by atoms with Crippen molar-refractivity contribution in [2.24, 2.45) is 0 Å². The summed E-state index contributed by atoms with van der Waals surface area (Å²) in [6.07, 6.45) is 2.54. The number of fused-ring (bicyclic) bond motifs is 1. The van der Waals surface area contributed by atoms with Crippen molar-refractivity contribution in [2.45, 2.75) is 0 Å². The van der Waals surface area contributed by atoms with E-state index in [2.05, 4.69) is 15.5 Å². The summed E-state index contributed by atoms with van der Waals surface area (Å²) in [4.78, 5) is 38.4. The van der Waals surface area contributed by atoms with Crippen LogP contribution in [0.1, 0.15) is 31.1 Å². The number of carbonyl (C=O) groups is 3. The van der Waals surface area contributed by atoms with E-state index < -0.39 is 11.8 Å². The third kappa shape index (κ3) is 2.96. The van der Waals surface area contributed by atoms with E-state index in [0.717, 1.165) is 4.90 Å². The molecule has 4 rings (SSSR count). The van der Waals surface area contributed by atoms with Gasteiger partial charge in [-0.15, -0.1) is 0 Å². The molecule has 0 saturated heterocycles. The van der Waals surface area contributed by atoms with Crippen molar-refractivity contribution < 1.29 is 19.1 Å². The second-order valence-electron chi connectivity index (χ2n) is 6.00. The fourth-order valence-electron chi connectivity index (χ4n) is 2.90. The van der Waals surface area contributed by atoms with Crippen molar-refractivity contribution in [3.8, 4) is 5.75 Å². The molecule has 1 N–H and O–H groups in total. The molecule has 3 amide bonds. The Morgan fingerprint density at radius 2 is 1.61 bits per heavy atom. The number of rotatable bonds is 4. The number of methoxy groups -OCH3 is 1. The number of imide groups is 1. The monoisotopic (exact) mass is 374 g/mol. The molecule has 2 heterocycles. The SMILES string of the molecule is COc1cccc(NC(=O)c2ccc(N3C(=O)c4cnncc4C3=O)cc2)c1. The first-order chi connectivity index (χ1) is 13.6. The normalized spacial score (nSPS) is 12.7. The van der Waals surface area contributed by atoms with Gasteiger partial charge in [-0.1, -0.05) is 6.07 Å². The number of carbonyl (C=O) groups excluding carboxylic acids is 3. The smallest absolute Gasteiger partial charge is 0.267 e. The van der Waals surface area contributed by atoms with Crippen LogP contribution in [0.25, 0.3) is 0 Å². The molecule has 0 radical (unpaired) electrons. The minimum Gasteiger partial charge on any atom is -0.497 e. The second-order valence-corrected chi connectivity index (χ2v) is 6.00. The molecule has 3 aromatic rings. The molecule has 0 unspecified atom stereocenters. The summed E-state index contributed by atoms with van der Waals surface area (Å²) in [6, 6.07) is 13.2. The third-order valence-electron chi connectivity index (χ3n) is 4.31. The maximum Gasteiger partial charge on any atom is 0.267 e. The zero-order valence-corrected chi connectivity index (χ0v) is 14.7. The topological polar surface area (TPSA) is 101 Å². The van der Waals surface area contributed by atoms with Crippen LogP contribution in [0.4, 0.5) is 11.4 Å². The summed E-state index contributed by atoms with van der Waals surface area (Å²) in [5.74, 6) is -0.634. The average Bonchev–Trinajstić information content (AvgIpc) is 2.99. The molecule has 0 bridgehead atoms. The number of aromatic nitrogens is 2. The van der Waals surface area contributed by atoms with Gasteiger partial charge in [0.2, 0.25) is 0 Å². The molecule has 2 aromatic carbocycles. The van der Waals surface area contributed by atoms with Crippen LogP contribution in [0, 0.1) is 0 Å². The first-order valence-corrected chi connectivity index (χ1v) is 8.33. The van der Waals surface area contributed by atoms with Crippen molar-refractivity contribution >= 4 is 29.1 Å². The molecule has 0 atom stereocenters. The minimum atomic E-state index is -0.469. The molecule has 0 saturated carbocycles. The zero-order valence-electron chi connectivity index (χ0n) is 14.7. The van der Waals surface area contributed by atoms with Crippen molar-refractivity contribution in [1.29, 1.82) is 0 Å². The van der Waals surface area contributed by atoms with Crippen LogP contribution >= 0.6 is 0 Å². The number of hydrogen-bond donors (Lipinski definition) is 1. The molecule has 8 nitrogen and oxygen atoms in total. The number of benzene rings is 2. The highest BCUT2D eigenvalue weighted by atomic mass is 16.5. The lowest BCUT2D eigenvalue weighted by molar-refractivity contribution is 0.0925. The number of amides is 3. The molecule has 28 heavy (non-hydrogen) atoms. The van der Waals surface area contributed by atoms with Crippen LogP contribution < -0.4 is 15.0 Å². The predicted molar refractivity (Wildman–Crippen MR) is 101 cm³/mol. The third-order valence-corrected chi connectivity index (χ3v) is 4.31. The number of ether oxygens (including phenoxy) is 1. The van der Waals surface area contributed by atoms with Crippen molar-refractivity contribution in [2.75, 3.05) is 17.3 Å². The van der Waals surface area contributed by atoms with E-state index in [9.17, 15) is 14.4 Å². The highest BCUT2D eigenvalue weighted by Gasteiger charge is 2.37. The Morgan fingerprint density at radius 3 is 2.21 bits per heavy atom. The lowest BCUT2D eigenvalue weighted by Crippen LogP contribution is -2.29. The van der Waals surface area contributed by atoms with Crippen LogP contribution in [0.2, 0.25) is 0 Å². The summed E-state index contributed by atoms with van der Waals surface area (Å²) >= 11 is 0. The molecule has 0 spiro atoms. The van der Waals surface area contributed by atoms with E-state index in [1.807, 2.05) is 0 Å². The maximum atomic E-state index is 12.5. The number of hydrogen-bond acceptors (Lipinski definition) is 6. The van der Waals surface area contributed by atoms with Crippen molar-refractivity contribution in [3.05, 3.63) is 77.6 Å². The van der Waals surface area contributed by atoms with Gasteiger partial charge < -0.3 is 10.1 Å². The highest BCUT2D eigenvalue weighted by Crippen LogP contribution is 2.27. The largest absolute Gasteiger partial charge is 0.497 e. The Labute approximate surface area is 159 Å². The Hall–Kier alpha value is -4.07. The van der Waals surface area contributed by atoms with Crippen LogP contribution in [-0.4, -0.2) is 35.0 Å². The summed E-state index contributed by atoms with van der Waals surface area (Å²) in [7, 11) is 1.55. The van der Waals surface area contributed by atoms with Crippen molar-refractivity contribution in [1.82, 2.24) is 10.2 Å².